The smallest absolute Gasteiger partial charge is 0.187 e. The summed E-state index contributed by atoms with van der Waals surface area (Å²) in [7, 11) is 0. The van der Waals surface area contributed by atoms with E-state index in [4.69, 9.17) is 18.9 Å². The minimum Gasteiger partial charge on any atom is -0.394 e. The molecule has 15 nitrogen and oxygen atoms in total. The van der Waals surface area contributed by atoms with E-state index in [0.29, 0.717) is 0 Å². The maximum atomic E-state index is 10.8. The Kier molecular flexibility index (Phi) is 9.53. The van der Waals surface area contributed by atoms with Gasteiger partial charge in [-0.25, -0.2) is 0 Å². The zero-order chi connectivity index (χ0) is 26.0. The van der Waals surface area contributed by atoms with E-state index in [1.165, 1.54) is 0 Å². The normalized spacial score (nSPS) is 50.1. The Morgan fingerprint density at radius 1 is 0.771 bits per heavy atom. The Morgan fingerprint density at radius 2 is 1.26 bits per heavy atom. The lowest BCUT2D eigenvalue weighted by molar-refractivity contribution is -0.331. The highest BCUT2D eigenvalue weighted by molar-refractivity contribution is 5.26. The summed E-state index contributed by atoms with van der Waals surface area (Å²) >= 11 is 0. The summed E-state index contributed by atoms with van der Waals surface area (Å²) in [6.45, 7) is -1.44. The van der Waals surface area contributed by atoms with Gasteiger partial charge < -0.3 is 70.0 Å². The lowest BCUT2D eigenvalue weighted by atomic mass is 9.84. The van der Waals surface area contributed by atoms with E-state index in [1.54, 1.807) is 6.07 Å². The number of allylic oxidation sites excluding steroid dienone is 1. The molecule has 14 unspecified atom stereocenters. The largest absolute Gasteiger partial charge is 0.394 e. The molecule has 1 aliphatic carbocycles. The molecule has 2 aliphatic heterocycles. The highest BCUT2D eigenvalue weighted by atomic mass is 16.7. The third kappa shape index (κ3) is 5.66. The highest BCUT2D eigenvalue weighted by Gasteiger charge is 2.50. The van der Waals surface area contributed by atoms with Crippen molar-refractivity contribution >= 4 is 0 Å². The minimum atomic E-state index is -1.81. The molecular weight excluding hydrogens is 478 g/mol. The van der Waals surface area contributed by atoms with Crippen LogP contribution in [0.25, 0.3) is 0 Å². The first-order valence-corrected chi connectivity index (χ1v) is 10.9. The van der Waals surface area contributed by atoms with Gasteiger partial charge >= 0.3 is 0 Å². The topological polar surface area (TPSA) is 263 Å². The summed E-state index contributed by atoms with van der Waals surface area (Å²) in [6, 6.07) is 1.70. The van der Waals surface area contributed by atoms with Crippen LogP contribution in [-0.2, 0) is 18.9 Å². The van der Waals surface area contributed by atoms with Gasteiger partial charge in [-0.15, -0.1) is 0 Å². The molecular formula is C20H31NO14. The number of ether oxygens (including phenoxy) is 4. The first kappa shape index (κ1) is 28.2. The first-order valence-electron chi connectivity index (χ1n) is 10.9. The van der Waals surface area contributed by atoms with Crippen LogP contribution in [0.4, 0.5) is 0 Å². The molecule has 0 spiro atoms. The molecule has 0 aromatic rings. The van der Waals surface area contributed by atoms with Gasteiger partial charge in [0.1, 0.15) is 61.0 Å². The van der Waals surface area contributed by atoms with Crippen LogP contribution in [0, 0.1) is 11.3 Å². The van der Waals surface area contributed by atoms with Crippen molar-refractivity contribution in [1.82, 2.24) is 0 Å². The quantitative estimate of drug-likeness (QED) is 0.149. The Labute approximate surface area is 199 Å². The Hall–Kier alpha value is -1.33. The maximum absolute atomic E-state index is 10.8. The molecule has 0 radical (unpaired) electrons. The van der Waals surface area contributed by atoms with Crippen LogP contribution in [0.2, 0.25) is 0 Å². The number of hydrogen-bond donors (Lipinski definition) is 10. The van der Waals surface area contributed by atoms with Crippen LogP contribution in [0.5, 0.6) is 0 Å². The van der Waals surface area contributed by atoms with Crippen molar-refractivity contribution in [2.24, 2.45) is 0 Å². The SMILES string of the molecule is N#CC=C1C(OC2OC(CO)C(O)C(O)C2O)CC(O)C(OC2OC(CO)C(O)C(O)C2O)C1O. The van der Waals surface area contributed by atoms with Gasteiger partial charge in [-0.3, -0.25) is 0 Å². The summed E-state index contributed by atoms with van der Waals surface area (Å²) in [6.07, 6.45) is -21.7. The Bertz CT molecular complexity index is 773. The van der Waals surface area contributed by atoms with Crippen LogP contribution in [-0.4, -0.2) is 150 Å². The van der Waals surface area contributed by atoms with Crippen LogP contribution in [0.3, 0.4) is 0 Å². The van der Waals surface area contributed by atoms with Gasteiger partial charge in [0.2, 0.25) is 0 Å². The van der Waals surface area contributed by atoms with Crippen LogP contribution >= 0.6 is 0 Å². The zero-order valence-corrected chi connectivity index (χ0v) is 18.3. The summed E-state index contributed by atoms with van der Waals surface area (Å²) < 4.78 is 21.6. The zero-order valence-electron chi connectivity index (χ0n) is 18.3. The predicted octanol–water partition coefficient (Wildman–Crippen LogP) is -6.07. The van der Waals surface area contributed by atoms with Crippen molar-refractivity contribution in [3.8, 4) is 6.07 Å². The third-order valence-electron chi connectivity index (χ3n) is 6.38. The molecule has 3 rings (SSSR count). The molecule has 2 heterocycles. The molecule has 0 aromatic heterocycles. The van der Waals surface area contributed by atoms with Crippen molar-refractivity contribution < 1.29 is 70.0 Å². The van der Waals surface area contributed by atoms with E-state index >= 15 is 0 Å². The first-order chi connectivity index (χ1) is 16.5. The molecule has 2 saturated heterocycles. The van der Waals surface area contributed by atoms with E-state index in [1.807, 2.05) is 0 Å². The number of nitriles is 1. The fourth-order valence-electron chi connectivity index (χ4n) is 4.31. The molecule has 3 fully saturated rings. The molecule has 15 heteroatoms. The van der Waals surface area contributed by atoms with Crippen molar-refractivity contribution in [3.05, 3.63) is 11.6 Å². The maximum Gasteiger partial charge on any atom is 0.187 e. The minimum absolute atomic E-state index is 0.135. The molecule has 0 aromatic carbocycles. The van der Waals surface area contributed by atoms with Crippen LogP contribution in [0.1, 0.15) is 6.42 Å². The van der Waals surface area contributed by atoms with Crippen LogP contribution in [0.15, 0.2) is 11.6 Å². The van der Waals surface area contributed by atoms with Gasteiger partial charge in [0.05, 0.1) is 31.5 Å². The molecule has 35 heavy (non-hydrogen) atoms. The second-order valence-corrected chi connectivity index (χ2v) is 8.64. The van der Waals surface area contributed by atoms with Gasteiger partial charge in [0.15, 0.2) is 12.6 Å². The standard InChI is InChI=1S/C20H31NO14/c21-2-1-6-8(32-19-16(30)14(28)12(26)9(4-22)33-19)3-7(24)18(11(6)25)35-20-17(31)15(29)13(27)10(5-23)34-20/h1,7-20,22-31H,3-5H2. The van der Waals surface area contributed by atoms with E-state index in [-0.39, 0.29) is 12.0 Å². The molecule has 14 atom stereocenters. The lowest BCUT2D eigenvalue weighted by Gasteiger charge is -2.46. The summed E-state index contributed by atoms with van der Waals surface area (Å²) in [4.78, 5) is 0. The number of aliphatic hydroxyl groups excluding tert-OH is 10. The van der Waals surface area contributed by atoms with Crippen molar-refractivity contribution in [2.45, 2.75) is 92.2 Å². The third-order valence-corrected chi connectivity index (χ3v) is 6.38. The Balaban J connectivity index is 1.76. The van der Waals surface area contributed by atoms with Gasteiger partial charge in [-0.2, -0.15) is 5.26 Å². The molecule has 200 valence electrons. The number of nitrogens with zero attached hydrogens (tertiary/aromatic N) is 1. The van der Waals surface area contributed by atoms with E-state index < -0.39 is 99.0 Å². The molecule has 1 saturated carbocycles. The number of rotatable bonds is 6. The average Bonchev–Trinajstić information content (AvgIpc) is 2.84. The fourth-order valence-corrected chi connectivity index (χ4v) is 4.31. The van der Waals surface area contributed by atoms with Gasteiger partial charge in [0.25, 0.3) is 0 Å². The second kappa shape index (κ2) is 11.8. The molecule has 10 N–H and O–H groups in total. The van der Waals surface area contributed by atoms with E-state index in [2.05, 4.69) is 0 Å². The van der Waals surface area contributed by atoms with Crippen molar-refractivity contribution in [1.29, 1.82) is 5.26 Å². The van der Waals surface area contributed by atoms with Gasteiger partial charge in [-0.05, 0) is 0 Å². The average molecular weight is 509 g/mol. The number of hydrogen-bond acceptors (Lipinski definition) is 15. The van der Waals surface area contributed by atoms with Crippen LogP contribution < -0.4 is 0 Å². The number of aliphatic hydroxyl groups is 10. The second-order valence-electron chi connectivity index (χ2n) is 8.64. The summed E-state index contributed by atoms with van der Waals surface area (Å²) in [5.74, 6) is 0. The fraction of sp³-hybridized carbons (Fsp3) is 0.850. The molecule has 3 aliphatic rings. The molecule has 0 bridgehead atoms. The monoisotopic (exact) mass is 509 g/mol. The molecule has 0 amide bonds. The highest BCUT2D eigenvalue weighted by Crippen LogP contribution is 2.34. The van der Waals surface area contributed by atoms with Crippen molar-refractivity contribution in [3.63, 3.8) is 0 Å². The van der Waals surface area contributed by atoms with E-state index in [9.17, 15) is 56.3 Å². The van der Waals surface area contributed by atoms with Gasteiger partial charge in [0, 0.05) is 18.1 Å². The summed E-state index contributed by atoms with van der Waals surface area (Å²) in [5, 5.41) is 109. The van der Waals surface area contributed by atoms with E-state index in [0.717, 1.165) is 6.08 Å². The predicted molar refractivity (Wildman–Crippen MR) is 108 cm³/mol. The van der Waals surface area contributed by atoms with Gasteiger partial charge in [-0.1, -0.05) is 0 Å². The summed E-state index contributed by atoms with van der Waals surface area (Å²) in [5.41, 5.74) is -0.135. The Morgan fingerprint density at radius 3 is 1.71 bits per heavy atom. The van der Waals surface area contributed by atoms with Crippen molar-refractivity contribution in [2.75, 3.05) is 13.2 Å². The lowest BCUT2D eigenvalue weighted by Crippen LogP contribution is -2.62.